The molecule has 0 aliphatic heterocycles. The lowest BCUT2D eigenvalue weighted by molar-refractivity contribution is -0.149. The molecule has 0 aromatic heterocycles. The van der Waals surface area contributed by atoms with E-state index in [1.165, 1.54) is 6.08 Å². The van der Waals surface area contributed by atoms with Crippen molar-refractivity contribution in [1.82, 2.24) is 0 Å². The van der Waals surface area contributed by atoms with Crippen molar-refractivity contribution in [2.75, 3.05) is 0 Å². The molecule has 0 aliphatic rings. The topological polar surface area (TPSA) is 26.3 Å². The predicted molar refractivity (Wildman–Crippen MR) is 54.4 cm³/mol. The van der Waals surface area contributed by atoms with Crippen LogP contribution in [0.5, 0.6) is 0 Å². The van der Waals surface area contributed by atoms with Crippen molar-refractivity contribution in [3.05, 3.63) is 12.7 Å². The first-order valence-electron chi connectivity index (χ1n) is 4.81. The monoisotopic (exact) mass is 184 g/mol. The largest absolute Gasteiger partial charge is 0.459 e. The highest BCUT2D eigenvalue weighted by atomic mass is 16.5. The summed E-state index contributed by atoms with van der Waals surface area (Å²) in [6.07, 6.45) is 3.05. The number of carbonyl (C=O) groups excluding carboxylic acids is 1. The Morgan fingerprint density at radius 1 is 1.54 bits per heavy atom. The van der Waals surface area contributed by atoms with Gasteiger partial charge in [0.1, 0.15) is 6.10 Å². The van der Waals surface area contributed by atoms with Gasteiger partial charge < -0.3 is 4.74 Å². The number of rotatable bonds is 5. The van der Waals surface area contributed by atoms with E-state index in [1.807, 2.05) is 6.92 Å². The molecule has 2 nitrogen and oxygen atoms in total. The van der Waals surface area contributed by atoms with E-state index >= 15 is 0 Å². The van der Waals surface area contributed by atoms with Crippen LogP contribution in [0.15, 0.2) is 12.7 Å². The Bertz CT molecular complexity index is 183. The van der Waals surface area contributed by atoms with Crippen LogP contribution in [0, 0.1) is 5.41 Å². The number of hydrogen-bond acceptors (Lipinski definition) is 2. The van der Waals surface area contributed by atoms with Gasteiger partial charge in [-0.25, -0.2) is 4.79 Å². The van der Waals surface area contributed by atoms with E-state index in [2.05, 4.69) is 27.4 Å². The third kappa shape index (κ3) is 3.62. The molecular weight excluding hydrogens is 164 g/mol. The van der Waals surface area contributed by atoms with E-state index in [0.717, 1.165) is 12.8 Å². The summed E-state index contributed by atoms with van der Waals surface area (Å²) in [4.78, 5) is 11.0. The maximum atomic E-state index is 11.0. The first kappa shape index (κ1) is 12.2. The van der Waals surface area contributed by atoms with Crippen LogP contribution < -0.4 is 0 Å². The molecule has 1 atom stereocenters. The van der Waals surface area contributed by atoms with Crippen molar-refractivity contribution >= 4 is 5.97 Å². The molecule has 0 aliphatic carbocycles. The lowest BCUT2D eigenvalue weighted by Gasteiger charge is -2.31. The van der Waals surface area contributed by atoms with E-state index in [-0.39, 0.29) is 17.5 Å². The lowest BCUT2D eigenvalue weighted by Crippen LogP contribution is -2.32. The Morgan fingerprint density at radius 2 is 2.08 bits per heavy atom. The van der Waals surface area contributed by atoms with Gasteiger partial charge in [0.2, 0.25) is 0 Å². The first-order chi connectivity index (χ1) is 5.97. The quantitative estimate of drug-likeness (QED) is 0.485. The average molecular weight is 184 g/mol. The summed E-state index contributed by atoms with van der Waals surface area (Å²) in [6, 6.07) is 0. The highest BCUT2D eigenvalue weighted by Crippen LogP contribution is 2.29. The van der Waals surface area contributed by atoms with Crippen molar-refractivity contribution in [1.29, 1.82) is 0 Å². The normalized spacial score (nSPS) is 13.5. The Labute approximate surface area is 81.0 Å². The van der Waals surface area contributed by atoms with Crippen LogP contribution in [0.3, 0.4) is 0 Å². The van der Waals surface area contributed by atoms with Gasteiger partial charge in [-0.15, -0.1) is 0 Å². The zero-order valence-electron chi connectivity index (χ0n) is 9.09. The third-order valence-corrected chi connectivity index (χ3v) is 2.58. The van der Waals surface area contributed by atoms with Crippen LogP contribution in [-0.4, -0.2) is 12.1 Å². The Kier molecular flexibility index (Phi) is 4.74. The van der Waals surface area contributed by atoms with Crippen LogP contribution in [0.4, 0.5) is 0 Å². The molecule has 0 fully saturated rings. The fourth-order valence-corrected chi connectivity index (χ4v) is 1.21. The summed E-state index contributed by atoms with van der Waals surface area (Å²) in [5.41, 5.74) is 0.0490. The van der Waals surface area contributed by atoms with Crippen molar-refractivity contribution in [2.24, 2.45) is 5.41 Å². The van der Waals surface area contributed by atoms with Crippen molar-refractivity contribution in [3.8, 4) is 0 Å². The summed E-state index contributed by atoms with van der Waals surface area (Å²) >= 11 is 0. The van der Waals surface area contributed by atoms with E-state index in [4.69, 9.17) is 4.74 Å². The number of carbonyl (C=O) groups is 1. The molecule has 0 aromatic rings. The SMILES string of the molecule is C=CC(=O)OC(CC)C(C)(C)CC. The minimum Gasteiger partial charge on any atom is -0.459 e. The van der Waals surface area contributed by atoms with Gasteiger partial charge >= 0.3 is 5.97 Å². The molecule has 13 heavy (non-hydrogen) atoms. The molecule has 0 amide bonds. The van der Waals surface area contributed by atoms with E-state index in [1.54, 1.807) is 0 Å². The molecule has 0 radical (unpaired) electrons. The minimum atomic E-state index is -0.326. The molecule has 0 saturated heterocycles. The highest BCUT2D eigenvalue weighted by Gasteiger charge is 2.28. The van der Waals surface area contributed by atoms with Crippen LogP contribution >= 0.6 is 0 Å². The zero-order chi connectivity index (χ0) is 10.5. The van der Waals surface area contributed by atoms with Gasteiger partial charge in [0.25, 0.3) is 0 Å². The molecule has 0 heterocycles. The number of ether oxygens (including phenoxy) is 1. The molecular formula is C11H20O2. The molecule has 0 aromatic carbocycles. The second-order valence-electron chi connectivity index (χ2n) is 3.88. The molecule has 0 rings (SSSR count). The fourth-order valence-electron chi connectivity index (χ4n) is 1.21. The number of esters is 1. The van der Waals surface area contributed by atoms with Gasteiger partial charge in [0.05, 0.1) is 0 Å². The molecule has 0 N–H and O–H groups in total. The van der Waals surface area contributed by atoms with E-state index < -0.39 is 0 Å². The molecule has 2 heteroatoms. The van der Waals surface area contributed by atoms with Gasteiger partial charge in [-0.3, -0.25) is 0 Å². The molecule has 0 saturated carbocycles. The maximum absolute atomic E-state index is 11.0. The predicted octanol–water partition coefficient (Wildman–Crippen LogP) is 2.93. The van der Waals surface area contributed by atoms with Crippen LogP contribution in [0.1, 0.15) is 40.5 Å². The summed E-state index contributed by atoms with van der Waals surface area (Å²) in [5, 5.41) is 0. The lowest BCUT2D eigenvalue weighted by atomic mass is 9.82. The molecule has 0 spiro atoms. The molecule has 0 bridgehead atoms. The third-order valence-electron chi connectivity index (χ3n) is 2.58. The second kappa shape index (κ2) is 5.05. The minimum absolute atomic E-state index is 0.0111. The summed E-state index contributed by atoms with van der Waals surface area (Å²) in [5.74, 6) is -0.326. The van der Waals surface area contributed by atoms with Crippen molar-refractivity contribution < 1.29 is 9.53 Å². The van der Waals surface area contributed by atoms with Gasteiger partial charge in [-0.2, -0.15) is 0 Å². The maximum Gasteiger partial charge on any atom is 0.330 e. The van der Waals surface area contributed by atoms with E-state index in [9.17, 15) is 4.79 Å². The summed E-state index contributed by atoms with van der Waals surface area (Å²) in [7, 11) is 0. The smallest absolute Gasteiger partial charge is 0.330 e. The average Bonchev–Trinajstić information content (AvgIpc) is 2.13. The molecule has 76 valence electrons. The highest BCUT2D eigenvalue weighted by molar-refractivity contribution is 5.81. The van der Waals surface area contributed by atoms with Gasteiger partial charge in [0, 0.05) is 11.5 Å². The summed E-state index contributed by atoms with van der Waals surface area (Å²) < 4.78 is 5.25. The first-order valence-corrected chi connectivity index (χ1v) is 4.81. The fraction of sp³-hybridized carbons (Fsp3) is 0.727. The Morgan fingerprint density at radius 3 is 2.38 bits per heavy atom. The zero-order valence-corrected chi connectivity index (χ0v) is 9.09. The number of hydrogen-bond donors (Lipinski definition) is 0. The standard InChI is InChI=1S/C11H20O2/c1-6-9(11(4,5)8-3)13-10(12)7-2/h7,9H,2,6,8H2,1,3-5H3. The van der Waals surface area contributed by atoms with Crippen LogP contribution in [-0.2, 0) is 9.53 Å². The van der Waals surface area contributed by atoms with Gasteiger partial charge in [-0.1, -0.05) is 34.3 Å². The Hall–Kier alpha value is -0.790. The van der Waals surface area contributed by atoms with Crippen LogP contribution in [0.25, 0.3) is 0 Å². The van der Waals surface area contributed by atoms with Gasteiger partial charge in [0.15, 0.2) is 0 Å². The van der Waals surface area contributed by atoms with Crippen LogP contribution in [0.2, 0.25) is 0 Å². The van der Waals surface area contributed by atoms with E-state index in [0.29, 0.717) is 0 Å². The Balaban J connectivity index is 4.33. The second-order valence-corrected chi connectivity index (χ2v) is 3.88. The van der Waals surface area contributed by atoms with Crippen molar-refractivity contribution in [3.63, 3.8) is 0 Å². The summed E-state index contributed by atoms with van der Waals surface area (Å²) in [6.45, 7) is 11.7. The molecule has 1 unspecified atom stereocenters. The van der Waals surface area contributed by atoms with Gasteiger partial charge in [-0.05, 0) is 12.8 Å². The van der Waals surface area contributed by atoms with Crippen molar-refractivity contribution in [2.45, 2.75) is 46.6 Å².